The smallest absolute Gasteiger partial charge is 0.265 e. The van der Waals surface area contributed by atoms with Crippen LogP contribution in [0.1, 0.15) is 46.3 Å². The zero-order valence-electron chi connectivity index (χ0n) is 18.8. The molecule has 1 amide bonds. The fourth-order valence-electron chi connectivity index (χ4n) is 4.02. The van der Waals surface area contributed by atoms with E-state index in [9.17, 15) is 13.2 Å². The molecule has 170 valence electrons. The van der Waals surface area contributed by atoms with Crippen molar-refractivity contribution in [3.8, 4) is 10.7 Å². The van der Waals surface area contributed by atoms with E-state index in [1.807, 2.05) is 43.9 Å². The molecule has 9 heteroatoms. The first kappa shape index (κ1) is 22.5. The van der Waals surface area contributed by atoms with Gasteiger partial charge in [-0.15, -0.1) is 11.3 Å². The van der Waals surface area contributed by atoms with E-state index >= 15 is 0 Å². The third kappa shape index (κ3) is 4.19. The van der Waals surface area contributed by atoms with E-state index in [1.165, 1.54) is 11.3 Å². The fraction of sp³-hybridized carbons (Fsp3) is 0.391. The number of rotatable bonds is 6. The number of anilines is 1. The lowest BCUT2D eigenvalue weighted by molar-refractivity contribution is 0.0796. The molecule has 7 nitrogen and oxygen atoms in total. The van der Waals surface area contributed by atoms with Gasteiger partial charge in [-0.05, 0) is 50.3 Å². The van der Waals surface area contributed by atoms with Crippen molar-refractivity contribution in [3.63, 3.8) is 0 Å². The number of nitrogens with one attached hydrogen (secondary N) is 1. The molecule has 0 bridgehead atoms. The fourth-order valence-corrected chi connectivity index (χ4v) is 6.36. The molecule has 0 radical (unpaired) electrons. The number of aryl methyl sites for hydroxylation is 4. The highest BCUT2D eigenvalue weighted by Crippen LogP contribution is 2.32. The Balaban J connectivity index is 1.65. The van der Waals surface area contributed by atoms with E-state index in [1.54, 1.807) is 23.9 Å². The molecule has 2 aromatic heterocycles. The Morgan fingerprint density at radius 3 is 2.62 bits per heavy atom. The molecule has 1 N–H and O–H groups in total. The predicted molar refractivity (Wildman–Crippen MR) is 128 cm³/mol. The first-order valence-corrected chi connectivity index (χ1v) is 13.1. The second kappa shape index (κ2) is 8.71. The maximum Gasteiger partial charge on any atom is 0.265 e. The topological polar surface area (TPSA) is 84.3 Å². The number of hydrogen-bond acceptors (Lipinski definition) is 5. The number of sulfonamides is 1. The summed E-state index contributed by atoms with van der Waals surface area (Å²) in [5.41, 5.74) is 3.80. The largest absolute Gasteiger partial charge is 0.347 e. The number of thiazole rings is 1. The molecule has 3 heterocycles. The molecule has 0 unspecified atom stereocenters. The first-order chi connectivity index (χ1) is 15.2. The highest BCUT2D eigenvalue weighted by atomic mass is 32.2. The molecule has 1 fully saturated rings. The summed E-state index contributed by atoms with van der Waals surface area (Å²) in [7, 11) is -1.99. The van der Waals surface area contributed by atoms with Crippen LogP contribution >= 0.6 is 11.3 Å². The highest BCUT2D eigenvalue weighted by Gasteiger charge is 2.26. The molecule has 0 saturated carbocycles. The lowest BCUT2D eigenvalue weighted by Gasteiger charge is -2.13. The minimum absolute atomic E-state index is 0.0131. The summed E-state index contributed by atoms with van der Waals surface area (Å²) in [5.74, 6) is 0.0131. The van der Waals surface area contributed by atoms with Crippen molar-refractivity contribution in [1.29, 1.82) is 0 Å². The molecular formula is C23H28N4O3S2. The number of likely N-dealkylation sites (tertiary alicyclic amines) is 1. The van der Waals surface area contributed by atoms with Crippen LogP contribution in [-0.4, -0.2) is 41.9 Å². The number of hydrogen-bond donors (Lipinski definition) is 1. The minimum Gasteiger partial charge on any atom is -0.347 e. The molecule has 0 aliphatic carbocycles. The molecule has 1 aliphatic rings. The second-order valence-corrected chi connectivity index (χ2v) is 10.9. The third-order valence-corrected chi connectivity index (χ3v) is 8.35. The molecule has 3 aromatic rings. The van der Waals surface area contributed by atoms with E-state index in [2.05, 4.69) is 9.71 Å². The molecule has 0 spiro atoms. The zero-order valence-corrected chi connectivity index (χ0v) is 20.4. The van der Waals surface area contributed by atoms with Gasteiger partial charge in [0.25, 0.3) is 15.9 Å². The Morgan fingerprint density at radius 1 is 1.22 bits per heavy atom. The van der Waals surface area contributed by atoms with Gasteiger partial charge in [0.1, 0.15) is 14.8 Å². The van der Waals surface area contributed by atoms with E-state index in [0.717, 1.165) is 43.5 Å². The normalized spacial score (nSPS) is 14.2. The number of amides is 1. The number of aromatic nitrogens is 2. The summed E-state index contributed by atoms with van der Waals surface area (Å²) in [6.07, 6.45) is 4.37. The van der Waals surface area contributed by atoms with Crippen LogP contribution < -0.4 is 4.72 Å². The van der Waals surface area contributed by atoms with Crippen molar-refractivity contribution in [3.05, 3.63) is 52.2 Å². The van der Waals surface area contributed by atoms with Gasteiger partial charge in [0.2, 0.25) is 0 Å². The zero-order chi connectivity index (χ0) is 23.0. The van der Waals surface area contributed by atoms with Crippen molar-refractivity contribution in [2.75, 3.05) is 17.8 Å². The Kier molecular flexibility index (Phi) is 6.13. The Bertz CT molecular complexity index is 1270. The van der Waals surface area contributed by atoms with E-state index < -0.39 is 10.0 Å². The Labute approximate surface area is 193 Å². The predicted octanol–water partition coefficient (Wildman–Crippen LogP) is 4.36. The van der Waals surface area contributed by atoms with Crippen LogP contribution in [0.2, 0.25) is 0 Å². The average Bonchev–Trinajstić information content (AvgIpc) is 3.49. The number of benzene rings is 1. The highest BCUT2D eigenvalue weighted by molar-refractivity contribution is 7.92. The summed E-state index contributed by atoms with van der Waals surface area (Å²) >= 11 is 1.32. The Morgan fingerprint density at radius 2 is 1.94 bits per heavy atom. The third-order valence-electron chi connectivity index (χ3n) is 5.87. The minimum atomic E-state index is -3.78. The van der Waals surface area contributed by atoms with Crippen molar-refractivity contribution in [2.24, 2.45) is 7.05 Å². The maximum absolute atomic E-state index is 13.2. The summed E-state index contributed by atoms with van der Waals surface area (Å²) in [6.45, 7) is 7.28. The standard InChI is InChI=1S/C23H28N4O3S2/c1-5-17-10-8-9-15(2)20(17)25-32(29,30)18-13-19(26(4)14-18)22-24-16(3)21(31-22)23(28)27-11-6-7-12-27/h8-10,13-14,25H,5-7,11-12H2,1-4H3. The van der Waals surface area contributed by atoms with Gasteiger partial charge in [0.05, 0.1) is 17.1 Å². The van der Waals surface area contributed by atoms with Gasteiger partial charge < -0.3 is 9.47 Å². The van der Waals surface area contributed by atoms with Crippen LogP contribution in [-0.2, 0) is 23.5 Å². The van der Waals surface area contributed by atoms with Crippen molar-refractivity contribution >= 4 is 33.0 Å². The summed E-state index contributed by atoms with van der Waals surface area (Å²) < 4.78 is 30.9. The van der Waals surface area contributed by atoms with Crippen molar-refractivity contribution in [2.45, 2.75) is 44.9 Å². The summed E-state index contributed by atoms with van der Waals surface area (Å²) in [5, 5.41) is 0.638. The molecule has 1 aliphatic heterocycles. The van der Waals surface area contributed by atoms with Crippen LogP contribution in [0, 0.1) is 13.8 Å². The van der Waals surface area contributed by atoms with Crippen LogP contribution in [0.25, 0.3) is 10.7 Å². The lowest BCUT2D eigenvalue weighted by Crippen LogP contribution is -2.27. The molecule has 1 saturated heterocycles. The molecular weight excluding hydrogens is 444 g/mol. The van der Waals surface area contributed by atoms with Crippen LogP contribution in [0.5, 0.6) is 0 Å². The molecule has 1 aromatic carbocycles. The van der Waals surface area contributed by atoms with Gasteiger partial charge >= 0.3 is 0 Å². The van der Waals surface area contributed by atoms with Crippen molar-refractivity contribution < 1.29 is 13.2 Å². The quantitative estimate of drug-likeness (QED) is 0.578. The SMILES string of the molecule is CCc1cccc(C)c1NS(=O)(=O)c1cc(-c2nc(C)c(C(=O)N3CCCC3)s2)n(C)c1. The van der Waals surface area contributed by atoms with Gasteiger partial charge in [0, 0.05) is 26.3 Å². The van der Waals surface area contributed by atoms with Gasteiger partial charge in [-0.2, -0.15) is 0 Å². The number of nitrogens with zero attached hydrogens (tertiary/aromatic N) is 3. The van der Waals surface area contributed by atoms with Gasteiger partial charge in [-0.3, -0.25) is 9.52 Å². The lowest BCUT2D eigenvalue weighted by atomic mass is 10.1. The Hall–Kier alpha value is -2.65. The number of carbonyl (C=O) groups excluding carboxylic acids is 1. The first-order valence-electron chi connectivity index (χ1n) is 10.8. The van der Waals surface area contributed by atoms with Gasteiger partial charge in [-0.25, -0.2) is 13.4 Å². The molecule has 4 rings (SSSR count). The van der Waals surface area contributed by atoms with Crippen LogP contribution in [0.15, 0.2) is 35.4 Å². The number of carbonyl (C=O) groups is 1. The van der Waals surface area contributed by atoms with Crippen molar-refractivity contribution in [1.82, 2.24) is 14.5 Å². The van der Waals surface area contributed by atoms with Gasteiger partial charge in [-0.1, -0.05) is 25.1 Å². The number of para-hydroxylation sites is 1. The molecule has 32 heavy (non-hydrogen) atoms. The van der Waals surface area contributed by atoms with Crippen LogP contribution in [0.3, 0.4) is 0 Å². The van der Waals surface area contributed by atoms with E-state index in [4.69, 9.17) is 0 Å². The van der Waals surface area contributed by atoms with Gasteiger partial charge in [0.15, 0.2) is 0 Å². The van der Waals surface area contributed by atoms with Crippen LogP contribution in [0.4, 0.5) is 5.69 Å². The second-order valence-electron chi connectivity index (χ2n) is 8.17. The monoisotopic (exact) mass is 472 g/mol. The summed E-state index contributed by atoms with van der Waals surface area (Å²) in [4.78, 5) is 20.1. The summed E-state index contributed by atoms with van der Waals surface area (Å²) in [6, 6.07) is 7.37. The average molecular weight is 473 g/mol. The van der Waals surface area contributed by atoms with E-state index in [-0.39, 0.29) is 10.8 Å². The molecule has 0 atom stereocenters. The van der Waals surface area contributed by atoms with E-state index in [0.29, 0.717) is 27.0 Å². The maximum atomic E-state index is 13.2.